The largest absolute Gasteiger partial charge is 0.494 e. The summed E-state index contributed by atoms with van der Waals surface area (Å²) in [6, 6.07) is 8.06. The molecule has 9 nitrogen and oxygen atoms in total. The third kappa shape index (κ3) is 4.52. The zero-order valence-corrected chi connectivity index (χ0v) is 22.6. The van der Waals surface area contributed by atoms with Crippen molar-refractivity contribution in [2.75, 3.05) is 63.0 Å². The third-order valence-electron chi connectivity index (χ3n) is 7.69. The molecule has 0 unspecified atom stereocenters. The molecule has 0 saturated carbocycles. The van der Waals surface area contributed by atoms with Gasteiger partial charge in [-0.1, -0.05) is 13.0 Å². The van der Waals surface area contributed by atoms with Gasteiger partial charge in [-0.15, -0.1) is 0 Å². The Morgan fingerprint density at radius 1 is 1.19 bits per heavy atom. The second-order valence-corrected chi connectivity index (χ2v) is 10.3. The number of nitrogens with one attached hydrogen (secondary N) is 1. The Morgan fingerprint density at radius 2 is 1.95 bits per heavy atom. The van der Waals surface area contributed by atoms with Crippen molar-refractivity contribution < 1.29 is 14.3 Å². The van der Waals surface area contributed by atoms with Gasteiger partial charge in [0.25, 0.3) is 0 Å². The van der Waals surface area contributed by atoms with Crippen molar-refractivity contribution in [3.63, 3.8) is 0 Å². The fourth-order valence-corrected chi connectivity index (χ4v) is 5.57. The number of nitrogens with zero attached hydrogens (tertiary/aromatic N) is 5. The van der Waals surface area contributed by atoms with Crippen molar-refractivity contribution in [3.05, 3.63) is 41.7 Å². The predicted molar refractivity (Wildman–Crippen MR) is 148 cm³/mol. The number of rotatable bonds is 6. The first-order valence-electron chi connectivity index (χ1n) is 12.8. The SMILES string of the molecule is CCc1ccc(Nc2ncnc3cc(OC)c(N4CC5(CCN(C)CC5)OC4=O)cc23)c(C)c1N(C)C. The van der Waals surface area contributed by atoms with E-state index in [4.69, 9.17) is 9.47 Å². The van der Waals surface area contributed by atoms with Gasteiger partial charge in [-0.25, -0.2) is 14.8 Å². The van der Waals surface area contributed by atoms with Gasteiger partial charge in [0.2, 0.25) is 0 Å². The van der Waals surface area contributed by atoms with Crippen LogP contribution in [-0.4, -0.2) is 74.4 Å². The van der Waals surface area contributed by atoms with Crippen LogP contribution in [0.1, 0.15) is 30.9 Å². The number of methoxy groups -OCH3 is 1. The minimum Gasteiger partial charge on any atom is -0.494 e. The molecule has 2 fully saturated rings. The second-order valence-electron chi connectivity index (χ2n) is 10.3. The highest BCUT2D eigenvalue weighted by molar-refractivity contribution is 6.00. The number of hydrogen-bond donors (Lipinski definition) is 1. The van der Waals surface area contributed by atoms with Crippen LogP contribution in [0.25, 0.3) is 10.9 Å². The first kappa shape index (κ1) is 25.1. The van der Waals surface area contributed by atoms with Gasteiger partial charge in [-0.2, -0.15) is 0 Å². The molecular formula is C28H36N6O3. The molecule has 0 aliphatic carbocycles. The maximum atomic E-state index is 13.1. The number of aryl methyl sites for hydroxylation is 1. The standard InChI is InChI=1S/C28H36N6O3/c1-7-19-8-9-21(18(2)25(19)32(3)4)31-26-20-14-23(24(36-6)15-22(20)29-17-30-26)34-16-28(37-27(34)35)10-12-33(5)13-11-28/h8-9,14-15,17H,7,10-13,16H2,1-6H3,(H,29,30,31). The monoisotopic (exact) mass is 504 g/mol. The molecule has 1 spiro atoms. The molecule has 2 aliphatic rings. The summed E-state index contributed by atoms with van der Waals surface area (Å²) in [4.78, 5) is 28.3. The normalized spacial score (nSPS) is 17.4. The van der Waals surface area contributed by atoms with Gasteiger partial charge in [-0.05, 0) is 43.7 Å². The number of piperidine rings is 1. The van der Waals surface area contributed by atoms with Crippen molar-refractivity contribution in [1.29, 1.82) is 0 Å². The molecule has 0 atom stereocenters. The summed E-state index contributed by atoms with van der Waals surface area (Å²) in [6.45, 7) is 6.60. The number of carbonyl (C=O) groups is 1. The van der Waals surface area contributed by atoms with E-state index < -0.39 is 5.60 Å². The summed E-state index contributed by atoms with van der Waals surface area (Å²) in [5.41, 5.74) is 5.57. The van der Waals surface area contributed by atoms with Crippen LogP contribution < -0.4 is 19.9 Å². The van der Waals surface area contributed by atoms with Gasteiger partial charge < -0.3 is 24.6 Å². The maximum Gasteiger partial charge on any atom is 0.415 e. The fourth-order valence-electron chi connectivity index (χ4n) is 5.57. The summed E-state index contributed by atoms with van der Waals surface area (Å²) >= 11 is 0. The highest BCUT2D eigenvalue weighted by atomic mass is 16.6. The molecule has 3 heterocycles. The van der Waals surface area contributed by atoms with Crippen LogP contribution in [0.4, 0.5) is 27.7 Å². The summed E-state index contributed by atoms with van der Waals surface area (Å²) in [5, 5.41) is 4.34. The Balaban J connectivity index is 1.54. The van der Waals surface area contributed by atoms with E-state index in [1.54, 1.807) is 18.3 Å². The van der Waals surface area contributed by atoms with Crippen LogP contribution in [0, 0.1) is 6.92 Å². The molecule has 196 valence electrons. The molecule has 1 amide bonds. The zero-order chi connectivity index (χ0) is 26.3. The van der Waals surface area contributed by atoms with Crippen molar-refractivity contribution in [1.82, 2.24) is 14.9 Å². The van der Waals surface area contributed by atoms with Gasteiger partial charge in [-0.3, -0.25) is 4.90 Å². The van der Waals surface area contributed by atoms with Crippen molar-refractivity contribution in [2.45, 2.75) is 38.7 Å². The molecule has 37 heavy (non-hydrogen) atoms. The molecular weight excluding hydrogens is 468 g/mol. The van der Waals surface area contributed by atoms with Crippen molar-refractivity contribution in [2.24, 2.45) is 0 Å². The topological polar surface area (TPSA) is 83.1 Å². The number of benzene rings is 2. The van der Waals surface area contributed by atoms with E-state index in [1.165, 1.54) is 11.3 Å². The highest BCUT2D eigenvalue weighted by Crippen LogP contribution is 2.42. The Morgan fingerprint density at radius 3 is 2.62 bits per heavy atom. The van der Waals surface area contributed by atoms with Crippen LogP contribution in [0.2, 0.25) is 0 Å². The molecule has 0 bridgehead atoms. The Bertz CT molecular complexity index is 1330. The highest BCUT2D eigenvalue weighted by Gasteiger charge is 2.47. The quantitative estimate of drug-likeness (QED) is 0.516. The molecule has 3 aromatic rings. The summed E-state index contributed by atoms with van der Waals surface area (Å²) < 4.78 is 11.7. The number of aromatic nitrogens is 2. The number of carbonyl (C=O) groups excluding carboxylic acids is 1. The first-order chi connectivity index (χ1) is 17.7. The van der Waals surface area contributed by atoms with Crippen molar-refractivity contribution in [3.8, 4) is 5.75 Å². The fraction of sp³-hybridized carbons (Fsp3) is 0.464. The molecule has 5 rings (SSSR count). The van der Waals surface area contributed by atoms with E-state index in [-0.39, 0.29) is 6.09 Å². The van der Waals surface area contributed by atoms with Gasteiger partial charge in [0.15, 0.2) is 0 Å². The van der Waals surface area contributed by atoms with E-state index >= 15 is 0 Å². The van der Waals surface area contributed by atoms with E-state index in [2.05, 4.69) is 72.2 Å². The lowest BCUT2D eigenvalue weighted by Crippen LogP contribution is -2.45. The number of likely N-dealkylation sites (tertiary alicyclic amines) is 1. The minimum absolute atomic E-state index is 0.338. The molecule has 0 radical (unpaired) electrons. The van der Waals surface area contributed by atoms with Crippen LogP contribution in [0.15, 0.2) is 30.6 Å². The molecule has 2 aliphatic heterocycles. The molecule has 2 saturated heterocycles. The van der Waals surface area contributed by atoms with Crippen LogP contribution in [0.5, 0.6) is 5.75 Å². The lowest BCUT2D eigenvalue weighted by atomic mass is 9.91. The number of anilines is 4. The van der Waals surface area contributed by atoms with E-state index in [0.29, 0.717) is 23.8 Å². The van der Waals surface area contributed by atoms with Crippen LogP contribution >= 0.6 is 0 Å². The lowest BCUT2D eigenvalue weighted by Gasteiger charge is -2.35. The van der Waals surface area contributed by atoms with E-state index in [9.17, 15) is 4.79 Å². The molecule has 1 aromatic heterocycles. The third-order valence-corrected chi connectivity index (χ3v) is 7.69. The molecule has 9 heteroatoms. The second kappa shape index (κ2) is 9.70. The number of amides is 1. The van der Waals surface area contributed by atoms with E-state index in [1.807, 2.05) is 12.1 Å². The average molecular weight is 505 g/mol. The molecule has 1 N–H and O–H groups in total. The minimum atomic E-state index is -0.460. The average Bonchev–Trinajstić information content (AvgIpc) is 3.21. The zero-order valence-electron chi connectivity index (χ0n) is 22.6. The lowest BCUT2D eigenvalue weighted by molar-refractivity contribution is 0.00678. The summed E-state index contributed by atoms with van der Waals surface area (Å²) in [6.07, 6.45) is 3.80. The summed E-state index contributed by atoms with van der Waals surface area (Å²) in [5.74, 6) is 1.25. The Hall–Kier alpha value is -3.59. The smallest absolute Gasteiger partial charge is 0.415 e. The first-order valence-corrected chi connectivity index (χ1v) is 12.8. The number of ether oxygens (including phenoxy) is 2. The maximum absolute atomic E-state index is 13.1. The van der Waals surface area contributed by atoms with Gasteiger partial charge in [0.05, 0.1) is 24.9 Å². The van der Waals surface area contributed by atoms with Crippen LogP contribution in [-0.2, 0) is 11.2 Å². The van der Waals surface area contributed by atoms with E-state index in [0.717, 1.165) is 54.5 Å². The number of hydrogen-bond acceptors (Lipinski definition) is 8. The number of fused-ring (bicyclic) bond motifs is 1. The van der Waals surface area contributed by atoms with Crippen LogP contribution in [0.3, 0.4) is 0 Å². The predicted octanol–water partition coefficient (Wildman–Crippen LogP) is 4.74. The van der Waals surface area contributed by atoms with Crippen molar-refractivity contribution >= 4 is 39.9 Å². The molecule has 2 aromatic carbocycles. The summed E-state index contributed by atoms with van der Waals surface area (Å²) in [7, 11) is 7.84. The van der Waals surface area contributed by atoms with Gasteiger partial charge >= 0.3 is 6.09 Å². The van der Waals surface area contributed by atoms with Gasteiger partial charge in [0.1, 0.15) is 23.5 Å². The Labute approximate surface area is 218 Å². The Kier molecular flexibility index (Phi) is 6.58. The van der Waals surface area contributed by atoms with Gasteiger partial charge in [0, 0.05) is 62.9 Å².